The molecule has 0 saturated heterocycles. The molecule has 0 aliphatic heterocycles. The molecule has 0 bridgehead atoms. The lowest BCUT2D eigenvalue weighted by Gasteiger charge is -2.13. The fraction of sp³-hybridized carbons (Fsp3) is 0.500. The number of amides is 1. The van der Waals surface area contributed by atoms with Crippen molar-refractivity contribution in [3.05, 3.63) is 29.8 Å². The Morgan fingerprint density at radius 1 is 1.39 bits per heavy atom. The van der Waals surface area contributed by atoms with Gasteiger partial charge in [0.25, 0.3) is 0 Å². The maximum Gasteiger partial charge on any atom is 0.221 e. The first kappa shape index (κ1) is 14.7. The second-order valence-corrected chi connectivity index (χ2v) is 4.59. The Hall–Kier alpha value is -1.39. The topological polar surface area (TPSA) is 61.4 Å². The fourth-order valence-electron chi connectivity index (χ4n) is 1.76. The molecule has 18 heavy (non-hydrogen) atoms. The molecule has 1 rings (SSSR count). The summed E-state index contributed by atoms with van der Waals surface area (Å²) in [6.45, 7) is 5.41. The number of para-hydroxylation sites is 1. The maximum absolute atomic E-state index is 11.1. The van der Waals surface area contributed by atoms with E-state index >= 15 is 0 Å². The molecule has 4 nitrogen and oxygen atoms in total. The van der Waals surface area contributed by atoms with Gasteiger partial charge in [-0.2, -0.15) is 0 Å². The van der Waals surface area contributed by atoms with Gasteiger partial charge in [0.15, 0.2) is 0 Å². The van der Waals surface area contributed by atoms with Crippen LogP contribution in [0.25, 0.3) is 0 Å². The average Bonchev–Trinajstić information content (AvgIpc) is 2.31. The predicted octanol–water partition coefficient (Wildman–Crippen LogP) is 1.75. The number of aliphatic hydroxyl groups excluding tert-OH is 1. The summed E-state index contributed by atoms with van der Waals surface area (Å²) in [7, 11) is 0. The summed E-state index contributed by atoms with van der Waals surface area (Å²) in [4.78, 5) is 11.1. The van der Waals surface area contributed by atoms with Crippen molar-refractivity contribution in [2.24, 2.45) is 5.92 Å². The van der Waals surface area contributed by atoms with Gasteiger partial charge in [-0.1, -0.05) is 25.1 Å². The highest BCUT2D eigenvalue weighted by Gasteiger charge is 2.04. The van der Waals surface area contributed by atoms with Crippen molar-refractivity contribution in [3.63, 3.8) is 0 Å². The molecule has 1 aromatic carbocycles. The van der Waals surface area contributed by atoms with Crippen molar-refractivity contribution in [3.8, 4) is 0 Å². The SMILES string of the molecule is CC(=O)Nc1ccccc1CNCC(C)CCO. The molecule has 0 fully saturated rings. The fourth-order valence-corrected chi connectivity index (χ4v) is 1.76. The minimum atomic E-state index is -0.0592. The van der Waals surface area contributed by atoms with Crippen LogP contribution in [0.15, 0.2) is 24.3 Å². The summed E-state index contributed by atoms with van der Waals surface area (Å²) in [5, 5.41) is 15.0. The van der Waals surface area contributed by atoms with Crippen LogP contribution in [-0.4, -0.2) is 24.2 Å². The predicted molar refractivity (Wildman–Crippen MR) is 73.3 cm³/mol. The van der Waals surface area contributed by atoms with Gasteiger partial charge in [-0.3, -0.25) is 4.79 Å². The van der Waals surface area contributed by atoms with E-state index in [-0.39, 0.29) is 12.5 Å². The van der Waals surface area contributed by atoms with Crippen LogP contribution in [0.2, 0.25) is 0 Å². The van der Waals surface area contributed by atoms with Crippen LogP contribution in [0, 0.1) is 5.92 Å². The van der Waals surface area contributed by atoms with Crippen LogP contribution < -0.4 is 10.6 Å². The van der Waals surface area contributed by atoms with Crippen LogP contribution in [0.5, 0.6) is 0 Å². The number of anilines is 1. The molecule has 0 spiro atoms. The smallest absolute Gasteiger partial charge is 0.221 e. The minimum absolute atomic E-state index is 0.0592. The molecule has 0 heterocycles. The Kier molecular flexibility index (Phi) is 6.39. The zero-order valence-corrected chi connectivity index (χ0v) is 11.1. The second kappa shape index (κ2) is 7.84. The summed E-state index contributed by atoms with van der Waals surface area (Å²) >= 11 is 0. The number of carbonyl (C=O) groups excluding carboxylic acids is 1. The third-order valence-electron chi connectivity index (χ3n) is 2.76. The Morgan fingerprint density at radius 2 is 2.11 bits per heavy atom. The highest BCUT2D eigenvalue weighted by atomic mass is 16.3. The van der Waals surface area contributed by atoms with Gasteiger partial charge in [0, 0.05) is 25.8 Å². The number of nitrogens with one attached hydrogen (secondary N) is 2. The van der Waals surface area contributed by atoms with Gasteiger partial charge in [0.2, 0.25) is 5.91 Å². The Morgan fingerprint density at radius 3 is 2.78 bits per heavy atom. The van der Waals surface area contributed by atoms with Gasteiger partial charge in [0.1, 0.15) is 0 Å². The molecule has 1 unspecified atom stereocenters. The van der Waals surface area contributed by atoms with Crippen LogP contribution in [0.4, 0.5) is 5.69 Å². The van der Waals surface area contributed by atoms with Gasteiger partial charge in [-0.15, -0.1) is 0 Å². The molecule has 1 atom stereocenters. The number of aliphatic hydroxyl groups is 1. The molecule has 1 amide bonds. The first-order chi connectivity index (χ1) is 8.63. The number of hydrogen-bond acceptors (Lipinski definition) is 3. The minimum Gasteiger partial charge on any atom is -0.396 e. The highest BCUT2D eigenvalue weighted by Crippen LogP contribution is 2.14. The number of carbonyl (C=O) groups is 1. The summed E-state index contributed by atoms with van der Waals surface area (Å²) in [6, 6.07) is 7.76. The third kappa shape index (κ3) is 5.29. The van der Waals surface area contributed by atoms with E-state index in [1.54, 1.807) is 0 Å². The Labute approximate surface area is 108 Å². The van der Waals surface area contributed by atoms with Gasteiger partial charge in [-0.25, -0.2) is 0 Å². The first-order valence-electron chi connectivity index (χ1n) is 6.30. The molecule has 0 radical (unpaired) electrons. The molecule has 3 N–H and O–H groups in total. The number of rotatable bonds is 7. The van der Waals surface area contributed by atoms with Gasteiger partial charge >= 0.3 is 0 Å². The van der Waals surface area contributed by atoms with Crippen molar-refractivity contribution in [2.75, 3.05) is 18.5 Å². The summed E-state index contributed by atoms with van der Waals surface area (Å²) in [5.41, 5.74) is 1.93. The Bertz CT molecular complexity index is 380. The molecule has 0 aliphatic carbocycles. The lowest BCUT2D eigenvalue weighted by molar-refractivity contribution is -0.114. The lowest BCUT2D eigenvalue weighted by atomic mass is 10.1. The van der Waals surface area contributed by atoms with Crippen molar-refractivity contribution in [2.45, 2.75) is 26.8 Å². The largest absolute Gasteiger partial charge is 0.396 e. The van der Waals surface area contributed by atoms with Gasteiger partial charge < -0.3 is 15.7 Å². The van der Waals surface area contributed by atoms with Gasteiger partial charge in [0.05, 0.1) is 0 Å². The average molecular weight is 250 g/mol. The van der Waals surface area contributed by atoms with Crippen molar-refractivity contribution >= 4 is 11.6 Å². The summed E-state index contributed by atoms with van der Waals surface area (Å²) < 4.78 is 0. The molecular weight excluding hydrogens is 228 g/mol. The summed E-state index contributed by atoms with van der Waals surface area (Å²) in [5.74, 6) is 0.388. The number of benzene rings is 1. The van der Waals surface area contributed by atoms with E-state index in [1.807, 2.05) is 24.3 Å². The number of hydrogen-bond donors (Lipinski definition) is 3. The second-order valence-electron chi connectivity index (χ2n) is 4.59. The zero-order chi connectivity index (χ0) is 13.4. The Balaban J connectivity index is 2.48. The van der Waals surface area contributed by atoms with E-state index in [1.165, 1.54) is 6.92 Å². The van der Waals surface area contributed by atoms with Crippen LogP contribution in [0.3, 0.4) is 0 Å². The molecule has 0 aromatic heterocycles. The molecule has 1 aromatic rings. The molecule has 4 heteroatoms. The van der Waals surface area contributed by atoms with E-state index < -0.39 is 0 Å². The molecule has 0 saturated carbocycles. The lowest BCUT2D eigenvalue weighted by Crippen LogP contribution is -2.22. The van der Waals surface area contributed by atoms with Crippen molar-refractivity contribution in [1.29, 1.82) is 0 Å². The monoisotopic (exact) mass is 250 g/mol. The van der Waals surface area contributed by atoms with E-state index in [2.05, 4.69) is 17.6 Å². The van der Waals surface area contributed by atoms with Crippen molar-refractivity contribution in [1.82, 2.24) is 5.32 Å². The zero-order valence-electron chi connectivity index (χ0n) is 11.1. The maximum atomic E-state index is 11.1. The summed E-state index contributed by atoms with van der Waals surface area (Å²) in [6.07, 6.45) is 0.806. The third-order valence-corrected chi connectivity index (χ3v) is 2.76. The molecular formula is C14H22N2O2. The standard InChI is InChI=1S/C14H22N2O2/c1-11(7-8-17)9-15-10-13-5-3-4-6-14(13)16-12(2)18/h3-6,11,15,17H,7-10H2,1-2H3,(H,16,18). The van der Waals surface area contributed by atoms with Crippen LogP contribution >= 0.6 is 0 Å². The van der Waals surface area contributed by atoms with E-state index in [4.69, 9.17) is 5.11 Å². The quantitative estimate of drug-likeness (QED) is 0.691. The van der Waals surface area contributed by atoms with E-state index in [9.17, 15) is 4.79 Å². The first-order valence-corrected chi connectivity index (χ1v) is 6.30. The van der Waals surface area contributed by atoms with Crippen LogP contribution in [0.1, 0.15) is 25.8 Å². The van der Waals surface area contributed by atoms with Crippen molar-refractivity contribution < 1.29 is 9.90 Å². The normalized spacial score (nSPS) is 12.2. The van der Waals surface area contributed by atoms with E-state index in [0.29, 0.717) is 12.5 Å². The van der Waals surface area contributed by atoms with Crippen LogP contribution in [-0.2, 0) is 11.3 Å². The highest BCUT2D eigenvalue weighted by molar-refractivity contribution is 5.89. The molecule has 0 aliphatic rings. The van der Waals surface area contributed by atoms with E-state index in [0.717, 1.165) is 24.2 Å². The van der Waals surface area contributed by atoms with Gasteiger partial charge in [-0.05, 0) is 30.5 Å². The molecule has 100 valence electrons.